The Morgan fingerprint density at radius 3 is 1.91 bits per heavy atom. The van der Waals surface area contributed by atoms with Gasteiger partial charge in [0.25, 0.3) is 0 Å². The van der Waals surface area contributed by atoms with E-state index in [1.165, 1.54) is 0 Å². The van der Waals surface area contributed by atoms with Crippen molar-refractivity contribution in [3.8, 4) is 0 Å². The summed E-state index contributed by atoms with van der Waals surface area (Å²) in [6.07, 6.45) is -12.5. The van der Waals surface area contributed by atoms with Gasteiger partial charge < -0.3 is 50.0 Å². The zero-order chi connectivity index (χ0) is 17.3. The molecule has 0 aromatic heterocycles. The molecule has 0 aromatic rings. The van der Waals surface area contributed by atoms with Crippen LogP contribution in [0.25, 0.3) is 0 Å². The van der Waals surface area contributed by atoms with Crippen molar-refractivity contribution in [3.05, 3.63) is 0 Å². The lowest BCUT2D eigenvalue weighted by Gasteiger charge is -2.45. The van der Waals surface area contributed by atoms with Crippen LogP contribution < -0.4 is 0 Å². The summed E-state index contributed by atoms with van der Waals surface area (Å²) in [5, 5.41) is 67.7. The fraction of sp³-hybridized carbons (Fsp3) is 1.00. The number of alkyl halides is 1. The number of aliphatic hydroxyl groups is 7. The van der Waals surface area contributed by atoms with Crippen molar-refractivity contribution in [2.75, 3.05) is 13.2 Å². The highest BCUT2D eigenvalue weighted by molar-refractivity contribution is 14.1. The molecule has 0 aliphatic carbocycles. The standard InChI is InChI=1S/C12H21IO10/c13-11-8(19)7(18)10(4(2-15)21-11)23-12-9(20)6(17)5(16)3(1-14)22-12/h3-12,14-20H,1-2H2/t3-,4-,5+,6+,7-,8-,9-,10-,11?,12+/m1/s1. The van der Waals surface area contributed by atoms with Gasteiger partial charge in [0.15, 0.2) is 6.29 Å². The Labute approximate surface area is 145 Å². The summed E-state index contributed by atoms with van der Waals surface area (Å²) in [5.74, 6) is 0. The van der Waals surface area contributed by atoms with Gasteiger partial charge in [-0.25, -0.2) is 0 Å². The topological polar surface area (TPSA) is 169 Å². The van der Waals surface area contributed by atoms with Gasteiger partial charge in [-0.1, -0.05) is 0 Å². The van der Waals surface area contributed by atoms with E-state index in [0.29, 0.717) is 0 Å². The van der Waals surface area contributed by atoms with Gasteiger partial charge in [0.1, 0.15) is 52.9 Å². The first kappa shape index (κ1) is 19.7. The van der Waals surface area contributed by atoms with Crippen molar-refractivity contribution >= 4 is 22.6 Å². The maximum atomic E-state index is 10.1. The maximum absolute atomic E-state index is 10.1. The molecule has 0 aromatic carbocycles. The lowest BCUT2D eigenvalue weighted by Crippen LogP contribution is -2.63. The van der Waals surface area contributed by atoms with Crippen LogP contribution in [0.15, 0.2) is 0 Å². The third kappa shape index (κ3) is 3.95. The summed E-state index contributed by atoms with van der Waals surface area (Å²) in [6, 6.07) is 0. The van der Waals surface area contributed by atoms with Gasteiger partial charge in [0.05, 0.1) is 13.2 Å². The van der Waals surface area contributed by atoms with E-state index < -0.39 is 72.4 Å². The number of aliphatic hydroxyl groups excluding tert-OH is 7. The average Bonchev–Trinajstić information content (AvgIpc) is 2.55. The van der Waals surface area contributed by atoms with E-state index in [4.69, 9.17) is 19.3 Å². The molecule has 10 nitrogen and oxygen atoms in total. The monoisotopic (exact) mass is 452 g/mol. The molecule has 0 saturated carbocycles. The molecule has 2 saturated heterocycles. The van der Waals surface area contributed by atoms with Gasteiger partial charge in [0, 0.05) is 0 Å². The average molecular weight is 452 g/mol. The minimum Gasteiger partial charge on any atom is -0.394 e. The first-order chi connectivity index (χ1) is 10.8. The second-order valence-corrected chi connectivity index (χ2v) is 6.72. The second-order valence-electron chi connectivity index (χ2n) is 5.49. The molecule has 7 N–H and O–H groups in total. The minimum atomic E-state index is -1.66. The molecule has 11 heteroatoms. The fourth-order valence-electron chi connectivity index (χ4n) is 2.54. The zero-order valence-corrected chi connectivity index (χ0v) is 14.1. The smallest absolute Gasteiger partial charge is 0.187 e. The van der Waals surface area contributed by atoms with E-state index in [-0.39, 0.29) is 0 Å². The van der Waals surface area contributed by atoms with Crippen molar-refractivity contribution in [1.29, 1.82) is 0 Å². The van der Waals surface area contributed by atoms with Crippen LogP contribution >= 0.6 is 22.6 Å². The van der Waals surface area contributed by atoms with Crippen molar-refractivity contribution in [3.63, 3.8) is 0 Å². The minimum absolute atomic E-state index is 0.522. The maximum Gasteiger partial charge on any atom is 0.187 e. The van der Waals surface area contributed by atoms with E-state index in [1.54, 1.807) is 22.6 Å². The fourth-order valence-corrected chi connectivity index (χ4v) is 3.35. The molecule has 2 rings (SSSR count). The van der Waals surface area contributed by atoms with E-state index >= 15 is 0 Å². The van der Waals surface area contributed by atoms with Crippen molar-refractivity contribution in [1.82, 2.24) is 0 Å². The molecule has 0 bridgehead atoms. The highest BCUT2D eigenvalue weighted by Gasteiger charge is 2.49. The third-order valence-corrected chi connectivity index (χ3v) is 4.98. The van der Waals surface area contributed by atoms with Crippen LogP contribution in [0.1, 0.15) is 0 Å². The third-order valence-electron chi connectivity index (χ3n) is 3.95. The predicted molar refractivity (Wildman–Crippen MR) is 80.4 cm³/mol. The van der Waals surface area contributed by atoms with E-state index in [2.05, 4.69) is 0 Å². The number of hydrogen-bond donors (Lipinski definition) is 7. The van der Waals surface area contributed by atoms with Crippen LogP contribution in [-0.4, -0.2) is 108 Å². The Bertz CT molecular complexity index is 383. The summed E-state index contributed by atoms with van der Waals surface area (Å²) >= 11 is 1.75. The Hall–Kier alpha value is 0.330. The Morgan fingerprint density at radius 2 is 1.35 bits per heavy atom. The molecule has 2 aliphatic rings. The molecule has 2 fully saturated rings. The molecule has 136 valence electrons. The Kier molecular flexibility index (Phi) is 6.95. The normalized spacial score (nSPS) is 51.7. The summed E-state index contributed by atoms with van der Waals surface area (Å²) in [4.78, 5) is 0. The number of ether oxygens (including phenoxy) is 3. The lowest BCUT2D eigenvalue weighted by atomic mass is 9.97. The molecule has 2 heterocycles. The molecule has 2 aliphatic heterocycles. The van der Waals surface area contributed by atoms with Gasteiger partial charge in [-0.15, -0.1) is 0 Å². The van der Waals surface area contributed by atoms with Crippen LogP contribution in [0.4, 0.5) is 0 Å². The van der Waals surface area contributed by atoms with Gasteiger partial charge >= 0.3 is 0 Å². The number of hydrogen-bond acceptors (Lipinski definition) is 10. The van der Waals surface area contributed by atoms with Gasteiger partial charge in [-0.3, -0.25) is 0 Å². The predicted octanol–water partition coefficient (Wildman–Crippen LogP) is -3.95. The molecule has 0 radical (unpaired) electrons. The van der Waals surface area contributed by atoms with Gasteiger partial charge in [-0.2, -0.15) is 0 Å². The molecule has 23 heavy (non-hydrogen) atoms. The summed E-state index contributed by atoms with van der Waals surface area (Å²) in [5.41, 5.74) is 0. The molecular weight excluding hydrogens is 431 g/mol. The summed E-state index contributed by atoms with van der Waals surface area (Å²) in [7, 11) is 0. The van der Waals surface area contributed by atoms with E-state index in [1.807, 2.05) is 0 Å². The molecule has 10 atom stereocenters. The SMILES string of the molecule is OC[C@H]1O[C@@H](O[C@H]2[C@H](O)[C@@H](O)C(I)O[C@@H]2CO)[C@H](O)[C@@H](O)[C@H]1O. The largest absolute Gasteiger partial charge is 0.394 e. The first-order valence-corrected chi connectivity index (χ1v) is 8.28. The van der Waals surface area contributed by atoms with Crippen LogP contribution in [-0.2, 0) is 14.2 Å². The first-order valence-electron chi connectivity index (χ1n) is 7.04. The summed E-state index contributed by atoms with van der Waals surface area (Å²) < 4.78 is 15.1. The van der Waals surface area contributed by atoms with Gasteiger partial charge in [0.2, 0.25) is 0 Å². The van der Waals surface area contributed by atoms with Crippen LogP contribution in [0, 0.1) is 0 Å². The van der Waals surface area contributed by atoms with Crippen molar-refractivity contribution in [2.45, 2.75) is 59.2 Å². The molecule has 1 unspecified atom stereocenters. The van der Waals surface area contributed by atoms with Crippen molar-refractivity contribution < 1.29 is 50.0 Å². The van der Waals surface area contributed by atoms with Crippen molar-refractivity contribution in [2.24, 2.45) is 0 Å². The number of halogens is 1. The van der Waals surface area contributed by atoms with Crippen LogP contribution in [0.2, 0.25) is 0 Å². The lowest BCUT2D eigenvalue weighted by molar-refractivity contribution is -0.337. The van der Waals surface area contributed by atoms with Gasteiger partial charge in [-0.05, 0) is 22.6 Å². The second kappa shape index (κ2) is 8.14. The Balaban J connectivity index is 2.11. The number of rotatable bonds is 4. The van der Waals surface area contributed by atoms with E-state index in [9.17, 15) is 30.6 Å². The highest BCUT2D eigenvalue weighted by Crippen LogP contribution is 2.30. The molecule has 0 amide bonds. The van der Waals surface area contributed by atoms with Crippen LogP contribution in [0.5, 0.6) is 0 Å². The highest BCUT2D eigenvalue weighted by atomic mass is 127. The summed E-state index contributed by atoms with van der Waals surface area (Å²) in [6.45, 7) is -1.15. The molecule has 0 spiro atoms. The quantitative estimate of drug-likeness (QED) is 0.165. The van der Waals surface area contributed by atoms with Crippen LogP contribution in [0.3, 0.4) is 0 Å². The Morgan fingerprint density at radius 1 is 0.739 bits per heavy atom. The van der Waals surface area contributed by atoms with E-state index in [0.717, 1.165) is 0 Å². The zero-order valence-electron chi connectivity index (χ0n) is 11.9. The molecular formula is C12H21IO10.